The molecule has 2 aromatic heterocycles. The number of imidazole rings is 1. The van der Waals surface area contributed by atoms with Crippen molar-refractivity contribution in [3.8, 4) is 0 Å². The molecule has 2 aromatic rings. The van der Waals surface area contributed by atoms with Gasteiger partial charge < -0.3 is 14.4 Å². The van der Waals surface area contributed by atoms with E-state index in [1.807, 2.05) is 35.9 Å². The zero-order valence-corrected chi connectivity index (χ0v) is 15.1. The minimum absolute atomic E-state index is 0.0548. The minimum Gasteiger partial charge on any atom is -0.389 e. The molecule has 0 aliphatic rings. The van der Waals surface area contributed by atoms with Crippen LogP contribution < -0.4 is 0 Å². The number of rotatable bonds is 7. The number of amides is 1. The molecule has 0 saturated heterocycles. The van der Waals surface area contributed by atoms with Crippen molar-refractivity contribution < 1.29 is 9.90 Å². The van der Waals surface area contributed by atoms with Crippen LogP contribution in [0.15, 0.2) is 24.5 Å². The number of pyridine rings is 1. The highest BCUT2D eigenvalue weighted by atomic mass is 32.2. The number of hydrogen-bond acceptors (Lipinski definition) is 4. The maximum Gasteiger partial charge on any atom is 0.232 e. The first-order valence-electron chi connectivity index (χ1n) is 7.80. The zero-order valence-electron chi connectivity index (χ0n) is 14.2. The highest BCUT2D eigenvalue weighted by Gasteiger charge is 2.21. The first kappa shape index (κ1) is 17.8. The Morgan fingerprint density at radius 1 is 1.39 bits per heavy atom. The van der Waals surface area contributed by atoms with Gasteiger partial charge in [0.25, 0.3) is 0 Å². The van der Waals surface area contributed by atoms with Crippen LogP contribution in [0.1, 0.15) is 32.0 Å². The SMILES string of the molecule is CCN(CC(C)(C)O)C(=O)CSCc1cn2cc(C)ccc2n1. The van der Waals surface area contributed by atoms with Crippen molar-refractivity contribution in [2.75, 3.05) is 18.8 Å². The fourth-order valence-corrected chi connectivity index (χ4v) is 3.21. The summed E-state index contributed by atoms with van der Waals surface area (Å²) < 4.78 is 2.01. The maximum atomic E-state index is 12.2. The molecule has 5 nitrogen and oxygen atoms in total. The molecule has 6 heteroatoms. The third-order valence-electron chi connectivity index (χ3n) is 3.44. The van der Waals surface area contributed by atoms with Crippen LogP contribution >= 0.6 is 11.8 Å². The first-order valence-corrected chi connectivity index (χ1v) is 8.96. The fraction of sp³-hybridized carbons (Fsp3) is 0.529. The molecule has 0 atom stereocenters. The molecule has 0 fully saturated rings. The maximum absolute atomic E-state index is 12.2. The van der Waals surface area contributed by atoms with Gasteiger partial charge in [-0.2, -0.15) is 0 Å². The molecule has 0 aliphatic heterocycles. The normalized spacial score (nSPS) is 11.9. The summed E-state index contributed by atoms with van der Waals surface area (Å²) >= 11 is 1.55. The number of carbonyl (C=O) groups is 1. The molecule has 0 bridgehead atoms. The van der Waals surface area contributed by atoms with Crippen molar-refractivity contribution in [2.24, 2.45) is 0 Å². The lowest BCUT2D eigenvalue weighted by molar-refractivity contribution is -0.131. The Labute approximate surface area is 141 Å². The molecule has 0 radical (unpaired) electrons. The molecule has 1 amide bonds. The molecule has 23 heavy (non-hydrogen) atoms. The molecule has 0 spiro atoms. The summed E-state index contributed by atoms with van der Waals surface area (Å²) in [6.45, 7) is 8.38. The van der Waals surface area contributed by atoms with Crippen LogP contribution in [-0.2, 0) is 10.5 Å². The highest BCUT2D eigenvalue weighted by molar-refractivity contribution is 7.99. The lowest BCUT2D eigenvalue weighted by atomic mass is 10.1. The van der Waals surface area contributed by atoms with Gasteiger partial charge in [0.2, 0.25) is 5.91 Å². The van der Waals surface area contributed by atoms with E-state index in [0.717, 1.165) is 11.3 Å². The Morgan fingerprint density at radius 3 is 2.78 bits per heavy atom. The number of carbonyl (C=O) groups excluding carboxylic acids is 1. The number of likely N-dealkylation sites (N-methyl/N-ethyl adjacent to an activating group) is 1. The van der Waals surface area contributed by atoms with Crippen LogP contribution in [0.3, 0.4) is 0 Å². The van der Waals surface area contributed by atoms with Crippen LogP contribution in [0.2, 0.25) is 0 Å². The van der Waals surface area contributed by atoms with Gasteiger partial charge in [0, 0.05) is 31.2 Å². The summed E-state index contributed by atoms with van der Waals surface area (Å²) in [5.74, 6) is 1.16. The van der Waals surface area contributed by atoms with Crippen LogP contribution in [-0.4, -0.2) is 49.7 Å². The number of aliphatic hydroxyl groups is 1. The molecule has 1 N–H and O–H groups in total. The lowest BCUT2D eigenvalue weighted by Gasteiger charge is -2.28. The Morgan fingerprint density at radius 2 is 2.13 bits per heavy atom. The van der Waals surface area contributed by atoms with E-state index in [-0.39, 0.29) is 5.91 Å². The summed E-state index contributed by atoms with van der Waals surface area (Å²) in [5, 5.41) is 9.86. The number of thioether (sulfide) groups is 1. The van der Waals surface area contributed by atoms with Gasteiger partial charge in [0.05, 0.1) is 17.0 Å². The number of fused-ring (bicyclic) bond motifs is 1. The number of nitrogens with zero attached hydrogens (tertiary/aromatic N) is 3. The second kappa shape index (κ2) is 7.36. The summed E-state index contributed by atoms with van der Waals surface area (Å²) in [7, 11) is 0. The van der Waals surface area contributed by atoms with E-state index in [1.165, 1.54) is 5.56 Å². The first-order chi connectivity index (χ1) is 10.8. The fourth-order valence-electron chi connectivity index (χ4n) is 2.40. The monoisotopic (exact) mass is 335 g/mol. The molecular formula is C17H25N3O2S. The van der Waals surface area contributed by atoms with Crippen molar-refractivity contribution in [1.29, 1.82) is 0 Å². The Hall–Kier alpha value is -1.53. The number of aryl methyl sites for hydroxylation is 1. The van der Waals surface area contributed by atoms with Gasteiger partial charge in [0.1, 0.15) is 5.65 Å². The molecule has 0 aromatic carbocycles. The average molecular weight is 335 g/mol. The van der Waals surface area contributed by atoms with Gasteiger partial charge in [-0.25, -0.2) is 4.98 Å². The smallest absolute Gasteiger partial charge is 0.232 e. The quantitative estimate of drug-likeness (QED) is 0.844. The molecule has 2 rings (SSSR count). The second-order valence-electron chi connectivity index (χ2n) is 6.42. The Bertz CT molecular complexity index is 676. The van der Waals surface area contributed by atoms with E-state index in [1.54, 1.807) is 30.5 Å². The summed E-state index contributed by atoms with van der Waals surface area (Å²) in [5.41, 5.74) is 2.22. The van der Waals surface area contributed by atoms with Gasteiger partial charge >= 0.3 is 0 Å². The van der Waals surface area contributed by atoms with Gasteiger partial charge in [-0.15, -0.1) is 11.8 Å². The molecular weight excluding hydrogens is 310 g/mol. The summed E-state index contributed by atoms with van der Waals surface area (Å²) in [6, 6.07) is 4.04. The van der Waals surface area contributed by atoms with Gasteiger partial charge in [-0.05, 0) is 39.3 Å². The van der Waals surface area contributed by atoms with E-state index in [4.69, 9.17) is 0 Å². The van der Waals surface area contributed by atoms with Crippen molar-refractivity contribution in [3.63, 3.8) is 0 Å². The van der Waals surface area contributed by atoms with E-state index in [2.05, 4.69) is 11.9 Å². The summed E-state index contributed by atoms with van der Waals surface area (Å²) in [6.07, 6.45) is 4.05. The number of hydrogen-bond donors (Lipinski definition) is 1. The Balaban J connectivity index is 1.88. The van der Waals surface area contributed by atoms with Crippen molar-refractivity contribution >= 4 is 23.3 Å². The lowest BCUT2D eigenvalue weighted by Crippen LogP contribution is -2.42. The molecule has 0 aliphatic carbocycles. The van der Waals surface area contributed by atoms with Crippen molar-refractivity contribution in [1.82, 2.24) is 14.3 Å². The number of aromatic nitrogens is 2. The standard InChI is InChI=1S/C17H25N3O2S/c1-5-19(12-17(3,4)22)16(21)11-23-10-14-9-20-8-13(2)6-7-15(20)18-14/h6-9,22H,5,10-12H2,1-4H3. The largest absolute Gasteiger partial charge is 0.389 e. The van der Waals surface area contributed by atoms with Gasteiger partial charge in [0.15, 0.2) is 0 Å². The third kappa shape index (κ3) is 5.25. The predicted molar refractivity (Wildman–Crippen MR) is 94.6 cm³/mol. The van der Waals surface area contributed by atoms with Crippen LogP contribution in [0.4, 0.5) is 0 Å². The topological polar surface area (TPSA) is 57.8 Å². The van der Waals surface area contributed by atoms with E-state index < -0.39 is 5.60 Å². The van der Waals surface area contributed by atoms with Crippen molar-refractivity contribution in [2.45, 2.75) is 39.0 Å². The molecule has 0 unspecified atom stereocenters. The Kier molecular flexibility index (Phi) is 5.70. The zero-order chi connectivity index (χ0) is 17.0. The molecule has 0 saturated carbocycles. The van der Waals surface area contributed by atoms with Crippen molar-refractivity contribution in [3.05, 3.63) is 35.8 Å². The highest BCUT2D eigenvalue weighted by Crippen LogP contribution is 2.15. The molecule has 126 valence electrons. The van der Waals surface area contributed by atoms with Crippen LogP contribution in [0.5, 0.6) is 0 Å². The third-order valence-corrected chi connectivity index (χ3v) is 4.39. The average Bonchev–Trinajstić information content (AvgIpc) is 2.85. The predicted octanol–water partition coefficient (Wildman–Crippen LogP) is 2.50. The second-order valence-corrected chi connectivity index (χ2v) is 7.40. The molecule has 2 heterocycles. The van der Waals surface area contributed by atoms with Crippen LogP contribution in [0.25, 0.3) is 5.65 Å². The van der Waals surface area contributed by atoms with E-state index in [9.17, 15) is 9.90 Å². The van der Waals surface area contributed by atoms with E-state index >= 15 is 0 Å². The van der Waals surface area contributed by atoms with Crippen LogP contribution in [0, 0.1) is 6.92 Å². The minimum atomic E-state index is -0.865. The van der Waals surface area contributed by atoms with E-state index in [0.29, 0.717) is 24.6 Å². The van der Waals surface area contributed by atoms with Gasteiger partial charge in [-0.1, -0.05) is 6.07 Å². The van der Waals surface area contributed by atoms with Gasteiger partial charge in [-0.3, -0.25) is 4.79 Å². The summed E-state index contributed by atoms with van der Waals surface area (Å²) in [4.78, 5) is 18.5.